The molecule has 1 aliphatic heterocycles. The van der Waals surface area contributed by atoms with Crippen LogP contribution in [0.2, 0.25) is 5.02 Å². The summed E-state index contributed by atoms with van der Waals surface area (Å²) in [5.41, 5.74) is 7.50. The van der Waals surface area contributed by atoms with Crippen molar-refractivity contribution in [2.75, 3.05) is 19.7 Å². The summed E-state index contributed by atoms with van der Waals surface area (Å²) in [5, 5.41) is 0.604. The molecule has 0 bridgehead atoms. The fourth-order valence-electron chi connectivity index (χ4n) is 3.51. The highest BCUT2D eigenvalue weighted by atomic mass is 35.5. The average Bonchev–Trinajstić information content (AvgIpc) is 2.80. The maximum absolute atomic E-state index is 12.9. The molecule has 0 aliphatic carbocycles. The van der Waals surface area contributed by atoms with Crippen molar-refractivity contribution < 1.29 is 22.7 Å². The highest BCUT2D eigenvalue weighted by molar-refractivity contribution is 7.89. The van der Waals surface area contributed by atoms with Gasteiger partial charge in [0.2, 0.25) is 15.9 Å². The molecule has 178 valence electrons. The van der Waals surface area contributed by atoms with Crippen molar-refractivity contribution >= 4 is 33.4 Å². The summed E-state index contributed by atoms with van der Waals surface area (Å²) in [6, 6.07) is 10.1. The van der Waals surface area contributed by atoms with Crippen LogP contribution in [0.1, 0.15) is 29.5 Å². The molecular weight excluding hydrogens is 466 g/mol. The van der Waals surface area contributed by atoms with E-state index in [-0.39, 0.29) is 30.5 Å². The number of amides is 2. The molecule has 33 heavy (non-hydrogen) atoms. The van der Waals surface area contributed by atoms with Crippen molar-refractivity contribution in [2.45, 2.75) is 38.5 Å². The summed E-state index contributed by atoms with van der Waals surface area (Å²) in [7, 11) is -3.61. The van der Waals surface area contributed by atoms with Crippen LogP contribution < -0.4 is 15.6 Å². The van der Waals surface area contributed by atoms with E-state index in [1.54, 1.807) is 36.4 Å². The molecule has 2 aromatic carbocycles. The molecule has 0 unspecified atom stereocenters. The predicted octanol–water partition coefficient (Wildman–Crippen LogP) is 2.89. The molecule has 10 heteroatoms. The Morgan fingerprint density at radius 2 is 1.70 bits per heavy atom. The lowest BCUT2D eigenvalue weighted by atomic mass is 9.98. The molecule has 3 rings (SSSR count). The van der Waals surface area contributed by atoms with Crippen LogP contribution in [0.4, 0.5) is 0 Å². The maximum atomic E-state index is 12.9. The first-order chi connectivity index (χ1) is 15.6. The van der Waals surface area contributed by atoms with E-state index in [1.165, 1.54) is 4.31 Å². The molecule has 1 fully saturated rings. The van der Waals surface area contributed by atoms with Crippen LogP contribution in [-0.2, 0) is 19.6 Å². The first-order valence-corrected chi connectivity index (χ1v) is 12.4. The summed E-state index contributed by atoms with van der Waals surface area (Å²) in [6.45, 7) is 5.84. The molecule has 2 amide bonds. The second-order valence-electron chi connectivity index (χ2n) is 8.16. The van der Waals surface area contributed by atoms with E-state index in [1.807, 2.05) is 20.8 Å². The van der Waals surface area contributed by atoms with E-state index >= 15 is 0 Å². The largest absolute Gasteiger partial charge is 0.484 e. The second-order valence-corrected chi connectivity index (χ2v) is 10.5. The summed E-state index contributed by atoms with van der Waals surface area (Å²) >= 11 is 5.96. The standard InChI is InChI=1S/C23H28ClN3O5S/c1-15-4-6-20(13-16(15)2)33(30,31)27-10-8-18(9-11-27)23(29)26-25-22(28)14-32-19-5-7-21(24)17(3)12-19/h4-7,12-13,18H,8-11,14H2,1-3H3,(H,25,28)(H,26,29). The molecule has 0 radical (unpaired) electrons. The van der Waals surface area contributed by atoms with Gasteiger partial charge >= 0.3 is 0 Å². The number of aryl methyl sites for hydroxylation is 3. The summed E-state index contributed by atoms with van der Waals surface area (Å²) < 4.78 is 32.6. The van der Waals surface area contributed by atoms with Gasteiger partial charge in [0.1, 0.15) is 5.75 Å². The first kappa shape index (κ1) is 25.0. The molecule has 0 atom stereocenters. The van der Waals surface area contributed by atoms with Gasteiger partial charge in [-0.25, -0.2) is 8.42 Å². The minimum atomic E-state index is -3.61. The van der Waals surface area contributed by atoms with E-state index in [4.69, 9.17) is 16.3 Å². The Kier molecular flexibility index (Phi) is 7.99. The molecule has 2 N–H and O–H groups in total. The van der Waals surface area contributed by atoms with Gasteiger partial charge in [-0.2, -0.15) is 4.31 Å². The van der Waals surface area contributed by atoms with E-state index in [2.05, 4.69) is 10.9 Å². The van der Waals surface area contributed by atoms with Gasteiger partial charge in [-0.1, -0.05) is 17.7 Å². The van der Waals surface area contributed by atoms with Gasteiger partial charge in [0, 0.05) is 24.0 Å². The summed E-state index contributed by atoms with van der Waals surface area (Å²) in [6.07, 6.45) is 0.735. The van der Waals surface area contributed by atoms with Gasteiger partial charge in [0.15, 0.2) is 6.61 Å². The van der Waals surface area contributed by atoms with E-state index in [9.17, 15) is 18.0 Å². The lowest BCUT2D eigenvalue weighted by Gasteiger charge is -2.30. The van der Waals surface area contributed by atoms with E-state index in [0.717, 1.165) is 16.7 Å². The quantitative estimate of drug-likeness (QED) is 0.602. The van der Waals surface area contributed by atoms with Crippen LogP contribution in [0, 0.1) is 26.7 Å². The highest BCUT2D eigenvalue weighted by Gasteiger charge is 2.32. The number of nitrogens with one attached hydrogen (secondary N) is 2. The number of nitrogens with zero attached hydrogens (tertiary/aromatic N) is 1. The Balaban J connectivity index is 1.45. The van der Waals surface area contributed by atoms with Crippen LogP contribution in [0.3, 0.4) is 0 Å². The van der Waals surface area contributed by atoms with Gasteiger partial charge in [-0.3, -0.25) is 20.4 Å². The molecule has 1 aliphatic rings. The third kappa shape index (κ3) is 6.25. The third-order valence-electron chi connectivity index (χ3n) is 5.77. The maximum Gasteiger partial charge on any atom is 0.276 e. The Bertz CT molecular complexity index is 1140. The van der Waals surface area contributed by atoms with Crippen molar-refractivity contribution in [3.8, 4) is 5.75 Å². The number of halogens is 1. The monoisotopic (exact) mass is 493 g/mol. The highest BCUT2D eigenvalue weighted by Crippen LogP contribution is 2.25. The zero-order chi connectivity index (χ0) is 24.2. The predicted molar refractivity (Wildman–Crippen MR) is 125 cm³/mol. The normalized spacial score (nSPS) is 15.2. The number of rotatable bonds is 6. The number of hydrazine groups is 1. The molecule has 0 saturated carbocycles. The van der Waals surface area contributed by atoms with Crippen molar-refractivity contribution in [1.82, 2.24) is 15.2 Å². The van der Waals surface area contributed by atoms with Crippen LogP contribution in [0.25, 0.3) is 0 Å². The Morgan fingerprint density at radius 3 is 2.33 bits per heavy atom. The van der Waals surface area contributed by atoms with Crippen molar-refractivity contribution in [3.63, 3.8) is 0 Å². The molecule has 8 nitrogen and oxygen atoms in total. The topological polar surface area (TPSA) is 105 Å². The second kappa shape index (κ2) is 10.5. The summed E-state index contributed by atoms with van der Waals surface area (Å²) in [5.74, 6) is -0.758. The third-order valence-corrected chi connectivity index (χ3v) is 8.08. The van der Waals surface area contributed by atoms with E-state index in [0.29, 0.717) is 23.6 Å². The number of sulfonamides is 1. The smallest absolute Gasteiger partial charge is 0.276 e. The molecule has 0 spiro atoms. The zero-order valence-corrected chi connectivity index (χ0v) is 20.4. The minimum absolute atomic E-state index is 0.236. The van der Waals surface area contributed by atoms with Gasteiger partial charge in [-0.15, -0.1) is 0 Å². The number of ether oxygens (including phenoxy) is 1. The first-order valence-electron chi connectivity index (χ1n) is 10.6. The number of carbonyl (C=O) groups is 2. The fraction of sp³-hybridized carbons (Fsp3) is 0.391. The number of hydrogen-bond acceptors (Lipinski definition) is 5. The van der Waals surface area contributed by atoms with Crippen molar-refractivity contribution in [2.24, 2.45) is 5.92 Å². The number of piperidine rings is 1. The minimum Gasteiger partial charge on any atom is -0.484 e. The molecule has 0 aromatic heterocycles. The summed E-state index contributed by atoms with van der Waals surface area (Å²) in [4.78, 5) is 24.7. The fourth-order valence-corrected chi connectivity index (χ4v) is 5.18. The Morgan fingerprint density at radius 1 is 1.00 bits per heavy atom. The van der Waals surface area contributed by atoms with Gasteiger partial charge in [0.25, 0.3) is 5.91 Å². The molecule has 2 aromatic rings. The molecular formula is C23H28ClN3O5S. The van der Waals surface area contributed by atoms with Crippen LogP contribution >= 0.6 is 11.6 Å². The SMILES string of the molecule is Cc1ccc(S(=O)(=O)N2CCC(C(=O)NNC(=O)COc3ccc(Cl)c(C)c3)CC2)cc1C. The molecule has 1 heterocycles. The van der Waals surface area contributed by atoms with Gasteiger partial charge in [-0.05, 0) is 80.6 Å². The van der Waals surface area contributed by atoms with Crippen LogP contribution in [0.15, 0.2) is 41.3 Å². The molecule has 1 saturated heterocycles. The lowest BCUT2D eigenvalue weighted by Crippen LogP contribution is -2.49. The van der Waals surface area contributed by atoms with Crippen molar-refractivity contribution in [3.05, 3.63) is 58.1 Å². The van der Waals surface area contributed by atoms with Gasteiger partial charge in [0.05, 0.1) is 4.90 Å². The lowest BCUT2D eigenvalue weighted by molar-refractivity contribution is -0.132. The van der Waals surface area contributed by atoms with Crippen LogP contribution in [0.5, 0.6) is 5.75 Å². The number of carbonyl (C=O) groups excluding carboxylic acids is 2. The van der Waals surface area contributed by atoms with Crippen molar-refractivity contribution in [1.29, 1.82) is 0 Å². The average molecular weight is 494 g/mol. The van der Waals surface area contributed by atoms with E-state index < -0.39 is 21.8 Å². The van der Waals surface area contributed by atoms with Crippen LogP contribution in [-0.4, -0.2) is 44.2 Å². The Labute approximate surface area is 199 Å². The number of hydrogen-bond donors (Lipinski definition) is 2. The Hall–Kier alpha value is -2.62. The zero-order valence-electron chi connectivity index (χ0n) is 18.9. The number of benzene rings is 2. The van der Waals surface area contributed by atoms with Gasteiger partial charge < -0.3 is 4.74 Å².